The van der Waals surface area contributed by atoms with E-state index in [0.29, 0.717) is 25.5 Å². The van der Waals surface area contributed by atoms with E-state index in [1.165, 1.54) is 16.8 Å². The fraction of sp³-hybridized carbons (Fsp3) is 0.435. The molecule has 2 aromatic heterocycles. The van der Waals surface area contributed by atoms with Gasteiger partial charge in [0.05, 0.1) is 6.61 Å². The lowest BCUT2D eigenvalue weighted by Crippen LogP contribution is -2.40. The van der Waals surface area contributed by atoms with Crippen LogP contribution in [0.3, 0.4) is 0 Å². The lowest BCUT2D eigenvalue weighted by Gasteiger charge is -2.34. The van der Waals surface area contributed by atoms with Crippen LogP contribution in [0.5, 0.6) is 17.2 Å². The van der Waals surface area contributed by atoms with Crippen LogP contribution in [-0.2, 0) is 11.3 Å². The molecule has 2 aliphatic rings. The van der Waals surface area contributed by atoms with E-state index in [0.717, 1.165) is 60.1 Å². The highest BCUT2D eigenvalue weighted by molar-refractivity contribution is 5.59. The van der Waals surface area contributed by atoms with Crippen LogP contribution in [-0.4, -0.2) is 54.1 Å². The largest absolute Gasteiger partial charge is 0.490 e. The summed E-state index contributed by atoms with van der Waals surface area (Å²) >= 11 is 0. The molecule has 4 heterocycles. The summed E-state index contributed by atoms with van der Waals surface area (Å²) in [5.74, 6) is 3.06. The molecule has 0 unspecified atom stereocenters. The van der Waals surface area contributed by atoms with Crippen molar-refractivity contribution >= 4 is 11.5 Å². The van der Waals surface area contributed by atoms with Gasteiger partial charge in [0.25, 0.3) is 5.56 Å². The second-order valence-corrected chi connectivity index (χ2v) is 7.99. The van der Waals surface area contributed by atoms with Gasteiger partial charge in [-0.05, 0) is 19.1 Å². The van der Waals surface area contributed by atoms with E-state index in [-0.39, 0.29) is 11.7 Å². The minimum Gasteiger partial charge on any atom is -0.490 e. The van der Waals surface area contributed by atoms with Gasteiger partial charge in [-0.3, -0.25) is 4.79 Å². The number of benzene rings is 1. The molecular formula is C23H26N4O5. The highest BCUT2D eigenvalue weighted by Crippen LogP contribution is 2.35. The molecule has 1 fully saturated rings. The Hall–Kier alpha value is -3.33. The number of hydrogen-bond donors (Lipinski definition) is 0. The molecule has 1 saturated heterocycles. The summed E-state index contributed by atoms with van der Waals surface area (Å²) in [4.78, 5) is 19.0. The van der Waals surface area contributed by atoms with Gasteiger partial charge < -0.3 is 23.8 Å². The molecule has 32 heavy (non-hydrogen) atoms. The predicted octanol–water partition coefficient (Wildman–Crippen LogP) is 2.36. The zero-order valence-corrected chi connectivity index (χ0v) is 18.2. The Morgan fingerprint density at radius 1 is 1.12 bits per heavy atom. The zero-order chi connectivity index (χ0) is 22.1. The van der Waals surface area contributed by atoms with Gasteiger partial charge in [-0.2, -0.15) is 4.52 Å². The monoisotopic (exact) mass is 438 g/mol. The summed E-state index contributed by atoms with van der Waals surface area (Å²) < 4.78 is 24.2. The van der Waals surface area contributed by atoms with Crippen LogP contribution in [0.25, 0.3) is 5.65 Å². The smallest absolute Gasteiger partial charge is 0.274 e. The summed E-state index contributed by atoms with van der Waals surface area (Å²) in [5, 5.41) is 4.64. The van der Waals surface area contributed by atoms with Crippen molar-refractivity contribution in [2.24, 2.45) is 0 Å². The number of methoxy groups -OCH3 is 1. The van der Waals surface area contributed by atoms with Crippen molar-refractivity contribution < 1.29 is 18.9 Å². The SMILES string of the molecule is COCc1c(C)c(N2CCC(Oc3ccc4c(c3)OCCO4)CC2)nn2c(=O)ccnc12. The third-order valence-corrected chi connectivity index (χ3v) is 5.92. The van der Waals surface area contributed by atoms with Crippen LogP contribution in [0.2, 0.25) is 0 Å². The van der Waals surface area contributed by atoms with E-state index in [1.54, 1.807) is 7.11 Å². The van der Waals surface area contributed by atoms with Crippen molar-refractivity contribution in [1.29, 1.82) is 0 Å². The molecule has 0 atom stereocenters. The Balaban J connectivity index is 1.33. The Bertz CT molecular complexity index is 1190. The van der Waals surface area contributed by atoms with Crippen molar-refractivity contribution in [1.82, 2.24) is 14.6 Å². The predicted molar refractivity (Wildman–Crippen MR) is 118 cm³/mol. The van der Waals surface area contributed by atoms with Crippen LogP contribution in [0.4, 0.5) is 5.82 Å². The molecular weight excluding hydrogens is 412 g/mol. The molecule has 0 radical (unpaired) electrons. The van der Waals surface area contributed by atoms with Crippen molar-refractivity contribution in [2.45, 2.75) is 32.5 Å². The highest BCUT2D eigenvalue weighted by Gasteiger charge is 2.25. The van der Waals surface area contributed by atoms with Gasteiger partial charge in [-0.1, -0.05) is 0 Å². The topological polar surface area (TPSA) is 87.4 Å². The van der Waals surface area contributed by atoms with Gasteiger partial charge >= 0.3 is 0 Å². The van der Waals surface area contributed by atoms with E-state index in [2.05, 4.69) is 15.0 Å². The normalized spacial score (nSPS) is 16.4. The number of ether oxygens (including phenoxy) is 4. The van der Waals surface area contributed by atoms with Gasteiger partial charge in [0.1, 0.15) is 25.1 Å². The Kier molecular flexibility index (Phi) is 5.57. The lowest BCUT2D eigenvalue weighted by molar-refractivity contribution is 0.159. The molecule has 0 saturated carbocycles. The van der Waals surface area contributed by atoms with Crippen molar-refractivity contribution in [2.75, 3.05) is 38.3 Å². The fourth-order valence-corrected chi connectivity index (χ4v) is 4.27. The highest BCUT2D eigenvalue weighted by atomic mass is 16.6. The average molecular weight is 438 g/mol. The van der Waals surface area contributed by atoms with Crippen molar-refractivity contribution in [3.05, 3.63) is 51.9 Å². The maximum Gasteiger partial charge on any atom is 0.274 e. The number of aromatic nitrogens is 3. The summed E-state index contributed by atoms with van der Waals surface area (Å²) in [6.07, 6.45) is 3.29. The fourth-order valence-electron chi connectivity index (χ4n) is 4.27. The van der Waals surface area contributed by atoms with E-state index in [1.807, 2.05) is 25.1 Å². The van der Waals surface area contributed by atoms with Crippen LogP contribution in [0.1, 0.15) is 24.0 Å². The number of rotatable bonds is 5. The Morgan fingerprint density at radius 3 is 2.69 bits per heavy atom. The third-order valence-electron chi connectivity index (χ3n) is 5.92. The Labute approximate surface area is 185 Å². The van der Waals surface area contributed by atoms with Gasteiger partial charge in [0.2, 0.25) is 0 Å². The first-order valence-corrected chi connectivity index (χ1v) is 10.8. The maximum absolute atomic E-state index is 12.4. The van der Waals surface area contributed by atoms with Gasteiger partial charge in [0, 0.05) is 62.5 Å². The molecule has 9 heteroatoms. The van der Waals surface area contributed by atoms with Crippen molar-refractivity contribution in [3.63, 3.8) is 0 Å². The number of piperidine rings is 1. The minimum absolute atomic E-state index is 0.0948. The average Bonchev–Trinajstić information content (AvgIpc) is 2.82. The summed E-state index contributed by atoms with van der Waals surface area (Å²) in [5.41, 5.74) is 2.20. The quantitative estimate of drug-likeness (QED) is 0.600. The molecule has 0 bridgehead atoms. The van der Waals surface area contributed by atoms with Gasteiger partial charge in [0.15, 0.2) is 23.0 Å². The first-order valence-electron chi connectivity index (χ1n) is 10.8. The minimum atomic E-state index is -0.203. The number of fused-ring (bicyclic) bond motifs is 2. The van der Waals surface area contributed by atoms with Crippen LogP contribution in [0.15, 0.2) is 35.3 Å². The van der Waals surface area contributed by atoms with E-state index in [4.69, 9.17) is 18.9 Å². The second kappa shape index (κ2) is 8.66. The number of anilines is 1. The van der Waals surface area contributed by atoms with Crippen LogP contribution in [0, 0.1) is 6.92 Å². The lowest BCUT2D eigenvalue weighted by atomic mass is 10.1. The van der Waals surface area contributed by atoms with Gasteiger partial charge in [-0.25, -0.2) is 4.98 Å². The molecule has 168 valence electrons. The molecule has 3 aromatic rings. The van der Waals surface area contributed by atoms with Crippen molar-refractivity contribution in [3.8, 4) is 17.2 Å². The van der Waals surface area contributed by atoms with E-state index in [9.17, 15) is 4.79 Å². The third kappa shape index (κ3) is 3.84. The molecule has 2 aliphatic heterocycles. The standard InChI is InChI=1S/C23H26N4O5/c1-15-18(14-29-2)23-24-8-5-21(28)27(23)25-22(15)26-9-6-16(7-10-26)32-17-3-4-19-20(13-17)31-12-11-30-19/h3-5,8,13,16H,6-7,9-12,14H2,1-2H3. The van der Waals surface area contributed by atoms with Crippen LogP contribution < -0.4 is 24.7 Å². The van der Waals surface area contributed by atoms with E-state index >= 15 is 0 Å². The maximum atomic E-state index is 12.4. The molecule has 0 spiro atoms. The summed E-state index contributed by atoms with van der Waals surface area (Å²) in [6, 6.07) is 7.13. The number of nitrogens with zero attached hydrogens (tertiary/aromatic N) is 4. The summed E-state index contributed by atoms with van der Waals surface area (Å²) in [6.45, 7) is 5.05. The zero-order valence-electron chi connectivity index (χ0n) is 18.2. The second-order valence-electron chi connectivity index (χ2n) is 7.99. The summed E-state index contributed by atoms with van der Waals surface area (Å²) in [7, 11) is 1.64. The Morgan fingerprint density at radius 2 is 1.91 bits per heavy atom. The molecule has 5 rings (SSSR count). The molecule has 0 amide bonds. The first-order chi connectivity index (χ1) is 15.6. The first kappa shape index (κ1) is 20.6. The molecule has 9 nitrogen and oxygen atoms in total. The molecule has 1 aromatic carbocycles. The van der Waals surface area contributed by atoms with E-state index < -0.39 is 0 Å². The number of hydrogen-bond acceptors (Lipinski definition) is 8. The van der Waals surface area contributed by atoms with Gasteiger partial charge in [-0.15, -0.1) is 5.10 Å². The molecule has 0 aliphatic carbocycles. The molecule has 0 N–H and O–H groups in total. The van der Waals surface area contributed by atoms with Crippen LogP contribution >= 0.6 is 0 Å².